The van der Waals surface area contributed by atoms with E-state index in [0.717, 1.165) is 5.56 Å². The first-order chi connectivity index (χ1) is 10.0. The Morgan fingerprint density at radius 1 is 1.24 bits per heavy atom. The molecular formula is C14H10Br2N2O3. The largest absolute Gasteiger partial charge is 0.322 e. The van der Waals surface area contributed by atoms with E-state index in [0.29, 0.717) is 15.5 Å². The van der Waals surface area contributed by atoms with Crippen LogP contribution >= 0.6 is 31.9 Å². The summed E-state index contributed by atoms with van der Waals surface area (Å²) in [4.78, 5) is 22.5. The van der Waals surface area contributed by atoms with Gasteiger partial charge in [-0.3, -0.25) is 14.9 Å². The fourth-order valence-corrected chi connectivity index (χ4v) is 2.73. The molecule has 0 spiro atoms. The van der Waals surface area contributed by atoms with Gasteiger partial charge in [0.15, 0.2) is 0 Å². The monoisotopic (exact) mass is 412 g/mol. The summed E-state index contributed by atoms with van der Waals surface area (Å²) in [5.74, 6) is -0.396. The molecule has 0 fully saturated rings. The van der Waals surface area contributed by atoms with Crippen molar-refractivity contribution in [2.24, 2.45) is 0 Å². The number of para-hydroxylation sites is 1. The van der Waals surface area contributed by atoms with Gasteiger partial charge in [-0.05, 0) is 17.7 Å². The molecule has 0 saturated carbocycles. The number of nitrogens with one attached hydrogen (secondary N) is 1. The fraction of sp³-hybridized carbons (Fsp3) is 0.0714. The first-order valence-electron chi connectivity index (χ1n) is 5.91. The smallest absolute Gasteiger partial charge is 0.271 e. The lowest BCUT2D eigenvalue weighted by atomic mass is 10.1. The second-order valence-electron chi connectivity index (χ2n) is 4.20. The second-order valence-corrected chi connectivity index (χ2v) is 5.68. The molecule has 0 aromatic heterocycles. The highest BCUT2D eigenvalue weighted by molar-refractivity contribution is 9.10. The third-order valence-electron chi connectivity index (χ3n) is 2.77. The zero-order valence-corrected chi connectivity index (χ0v) is 13.8. The maximum atomic E-state index is 12.2. The number of nitro groups is 1. The van der Waals surface area contributed by atoms with Gasteiger partial charge in [-0.1, -0.05) is 50.1 Å². The molecule has 5 nitrogen and oxygen atoms in total. The first kappa shape index (κ1) is 15.7. The van der Waals surface area contributed by atoms with Crippen molar-refractivity contribution >= 4 is 49.1 Å². The molecule has 7 heteroatoms. The Hall–Kier alpha value is -1.73. The van der Waals surface area contributed by atoms with Gasteiger partial charge in [0.05, 0.1) is 4.92 Å². The number of nitrogens with zero attached hydrogens (tertiary/aromatic N) is 1. The van der Waals surface area contributed by atoms with E-state index in [-0.39, 0.29) is 11.3 Å². The van der Waals surface area contributed by atoms with E-state index in [1.165, 1.54) is 12.1 Å². The summed E-state index contributed by atoms with van der Waals surface area (Å²) in [6.45, 7) is 0. The molecule has 2 aromatic carbocycles. The average Bonchev–Trinajstić information content (AvgIpc) is 2.47. The van der Waals surface area contributed by atoms with Crippen molar-refractivity contribution in [2.45, 2.75) is 5.33 Å². The normalized spacial score (nSPS) is 10.2. The van der Waals surface area contributed by atoms with Gasteiger partial charge in [-0.15, -0.1) is 0 Å². The van der Waals surface area contributed by atoms with E-state index in [4.69, 9.17) is 0 Å². The van der Waals surface area contributed by atoms with Crippen LogP contribution in [-0.2, 0) is 5.33 Å². The van der Waals surface area contributed by atoms with Crippen LogP contribution in [-0.4, -0.2) is 10.8 Å². The Labute approximate surface area is 137 Å². The Morgan fingerprint density at radius 3 is 2.62 bits per heavy atom. The highest BCUT2D eigenvalue weighted by Crippen LogP contribution is 2.23. The van der Waals surface area contributed by atoms with Crippen LogP contribution in [0.15, 0.2) is 46.9 Å². The number of carbonyl (C=O) groups is 1. The number of benzene rings is 2. The molecule has 0 atom stereocenters. The lowest BCUT2D eigenvalue weighted by molar-refractivity contribution is -0.384. The van der Waals surface area contributed by atoms with Crippen molar-refractivity contribution < 1.29 is 9.72 Å². The first-order valence-corrected chi connectivity index (χ1v) is 7.83. The van der Waals surface area contributed by atoms with Crippen molar-refractivity contribution in [3.05, 3.63) is 68.2 Å². The standard InChI is InChI=1S/C14H10Br2N2O3/c15-8-9-3-1-2-4-13(9)17-14(19)10-5-11(16)7-12(6-10)18(20)21/h1-7H,8H2,(H,17,19). The molecule has 2 aromatic rings. The van der Waals surface area contributed by atoms with Gasteiger partial charge in [-0.25, -0.2) is 0 Å². The van der Waals surface area contributed by atoms with E-state index in [1.807, 2.05) is 18.2 Å². The predicted molar refractivity (Wildman–Crippen MR) is 87.8 cm³/mol. The third kappa shape index (κ3) is 3.89. The minimum absolute atomic E-state index is 0.136. The van der Waals surface area contributed by atoms with Crippen molar-refractivity contribution in [3.63, 3.8) is 0 Å². The van der Waals surface area contributed by atoms with Gasteiger partial charge in [0.1, 0.15) is 0 Å². The van der Waals surface area contributed by atoms with Crippen molar-refractivity contribution in [2.75, 3.05) is 5.32 Å². The van der Waals surface area contributed by atoms with Gasteiger partial charge in [0.2, 0.25) is 0 Å². The van der Waals surface area contributed by atoms with Crippen LogP contribution in [0, 0.1) is 10.1 Å². The fourth-order valence-electron chi connectivity index (χ4n) is 1.76. The van der Waals surface area contributed by atoms with Crippen LogP contribution < -0.4 is 5.32 Å². The maximum Gasteiger partial charge on any atom is 0.271 e. The summed E-state index contributed by atoms with van der Waals surface area (Å²) >= 11 is 6.52. The molecule has 0 bridgehead atoms. The molecule has 108 valence electrons. The number of nitro benzene ring substituents is 1. The Morgan fingerprint density at radius 2 is 1.95 bits per heavy atom. The SMILES string of the molecule is O=C(Nc1ccccc1CBr)c1cc(Br)cc([N+](=O)[O-])c1. The van der Waals surface area contributed by atoms with Crippen LogP contribution in [0.2, 0.25) is 0 Å². The number of hydrogen-bond donors (Lipinski definition) is 1. The predicted octanol–water partition coefficient (Wildman–Crippen LogP) is 4.50. The Kier molecular flexibility index (Phi) is 5.08. The van der Waals surface area contributed by atoms with E-state index < -0.39 is 10.8 Å². The topological polar surface area (TPSA) is 72.2 Å². The summed E-state index contributed by atoms with van der Waals surface area (Å²) < 4.78 is 0.482. The minimum atomic E-state index is -0.534. The van der Waals surface area contributed by atoms with Crippen LogP contribution in [0.1, 0.15) is 15.9 Å². The van der Waals surface area contributed by atoms with Gasteiger partial charge >= 0.3 is 0 Å². The van der Waals surface area contributed by atoms with Crippen molar-refractivity contribution in [1.82, 2.24) is 0 Å². The van der Waals surface area contributed by atoms with Gasteiger partial charge in [0.25, 0.3) is 11.6 Å². The average molecular weight is 414 g/mol. The molecule has 1 amide bonds. The van der Waals surface area contributed by atoms with E-state index in [9.17, 15) is 14.9 Å². The van der Waals surface area contributed by atoms with E-state index in [1.54, 1.807) is 12.1 Å². The molecule has 0 aliphatic heterocycles. The summed E-state index contributed by atoms with van der Waals surface area (Å²) in [7, 11) is 0. The zero-order valence-electron chi connectivity index (χ0n) is 10.7. The number of anilines is 1. The maximum absolute atomic E-state index is 12.2. The van der Waals surface area contributed by atoms with E-state index >= 15 is 0 Å². The summed E-state index contributed by atoms with van der Waals surface area (Å²) in [5, 5.41) is 14.2. The van der Waals surface area contributed by atoms with E-state index in [2.05, 4.69) is 37.2 Å². The highest BCUT2D eigenvalue weighted by Gasteiger charge is 2.14. The van der Waals surface area contributed by atoms with Crippen LogP contribution in [0.4, 0.5) is 11.4 Å². The number of carbonyl (C=O) groups excluding carboxylic acids is 1. The van der Waals surface area contributed by atoms with Crippen LogP contribution in [0.25, 0.3) is 0 Å². The second kappa shape index (κ2) is 6.82. The van der Waals surface area contributed by atoms with Crippen LogP contribution in [0.3, 0.4) is 0 Å². The van der Waals surface area contributed by atoms with Crippen molar-refractivity contribution in [3.8, 4) is 0 Å². The summed E-state index contributed by atoms with van der Waals surface area (Å²) in [6.07, 6.45) is 0. The molecule has 1 N–H and O–H groups in total. The number of halogens is 2. The summed E-state index contributed by atoms with van der Waals surface area (Å²) in [5.41, 5.74) is 1.68. The molecule has 0 unspecified atom stereocenters. The zero-order chi connectivity index (χ0) is 15.4. The number of rotatable bonds is 4. The third-order valence-corrected chi connectivity index (χ3v) is 3.83. The highest BCUT2D eigenvalue weighted by atomic mass is 79.9. The lowest BCUT2D eigenvalue weighted by Crippen LogP contribution is -2.13. The molecular weight excluding hydrogens is 404 g/mol. The Balaban J connectivity index is 2.30. The minimum Gasteiger partial charge on any atom is -0.322 e. The number of hydrogen-bond acceptors (Lipinski definition) is 3. The lowest BCUT2D eigenvalue weighted by Gasteiger charge is -2.09. The quantitative estimate of drug-likeness (QED) is 0.455. The molecule has 21 heavy (non-hydrogen) atoms. The molecule has 0 heterocycles. The number of alkyl halides is 1. The summed E-state index contributed by atoms with van der Waals surface area (Å²) in [6, 6.07) is 11.5. The van der Waals surface area contributed by atoms with Crippen molar-refractivity contribution in [1.29, 1.82) is 0 Å². The number of amides is 1. The van der Waals surface area contributed by atoms with Gasteiger partial charge < -0.3 is 5.32 Å². The molecule has 2 rings (SSSR count). The molecule has 0 aliphatic rings. The molecule has 0 radical (unpaired) electrons. The Bertz CT molecular complexity index is 704. The molecule has 0 saturated heterocycles. The van der Waals surface area contributed by atoms with Gasteiger partial charge in [0, 0.05) is 33.2 Å². The molecule has 0 aliphatic carbocycles. The van der Waals surface area contributed by atoms with Gasteiger partial charge in [-0.2, -0.15) is 0 Å². The van der Waals surface area contributed by atoms with Crippen LogP contribution in [0.5, 0.6) is 0 Å². The number of non-ortho nitro benzene ring substituents is 1.